The van der Waals surface area contributed by atoms with Gasteiger partial charge in [0.2, 0.25) is 3.79 Å². The van der Waals surface area contributed by atoms with Gasteiger partial charge in [-0.3, -0.25) is 4.79 Å². The predicted molar refractivity (Wildman–Crippen MR) is 119 cm³/mol. The normalized spacial score (nSPS) is 12.8. The second-order valence-corrected chi connectivity index (χ2v) is 9.29. The van der Waals surface area contributed by atoms with Gasteiger partial charge in [-0.15, -0.1) is 0 Å². The van der Waals surface area contributed by atoms with Crippen molar-refractivity contribution in [1.82, 2.24) is 10.6 Å². The molecule has 4 nitrogen and oxygen atoms in total. The van der Waals surface area contributed by atoms with Crippen LogP contribution in [0.5, 0.6) is 0 Å². The summed E-state index contributed by atoms with van der Waals surface area (Å²) in [5.41, 5.74) is 0.119. The molecule has 2 rings (SSSR count). The van der Waals surface area contributed by atoms with Crippen molar-refractivity contribution in [2.45, 2.75) is 23.1 Å². The van der Waals surface area contributed by atoms with E-state index in [0.717, 1.165) is 23.8 Å². The summed E-state index contributed by atoms with van der Waals surface area (Å²) in [4.78, 5) is 12.5. The van der Waals surface area contributed by atoms with Gasteiger partial charge >= 0.3 is 6.18 Å². The number of thiocarbonyl (C=S) groups is 1. The molecule has 0 saturated carbocycles. The number of hydrogen-bond acceptors (Lipinski definition) is 2. The van der Waals surface area contributed by atoms with Crippen molar-refractivity contribution in [3.63, 3.8) is 0 Å². The molecule has 2 aromatic rings. The molecule has 1 amide bonds. The number of amides is 1. The number of anilines is 1. The molecule has 30 heavy (non-hydrogen) atoms. The van der Waals surface area contributed by atoms with Crippen LogP contribution < -0.4 is 16.0 Å². The van der Waals surface area contributed by atoms with Gasteiger partial charge in [0.05, 0.1) is 16.3 Å². The Labute approximate surface area is 196 Å². The molecule has 162 valence electrons. The molecule has 0 fully saturated rings. The topological polar surface area (TPSA) is 53.2 Å². The first-order valence-corrected chi connectivity index (χ1v) is 10.1. The van der Waals surface area contributed by atoms with E-state index in [4.69, 9.17) is 58.6 Å². The average molecular weight is 519 g/mol. The summed E-state index contributed by atoms with van der Waals surface area (Å²) < 4.78 is 36.7. The molecule has 0 aliphatic heterocycles. The van der Waals surface area contributed by atoms with Crippen LogP contribution in [0.1, 0.15) is 21.5 Å². The first-order chi connectivity index (χ1) is 13.8. The van der Waals surface area contributed by atoms with Crippen molar-refractivity contribution in [3.8, 4) is 0 Å². The van der Waals surface area contributed by atoms with Crippen molar-refractivity contribution in [2.24, 2.45) is 0 Å². The Morgan fingerprint density at radius 1 is 1.07 bits per heavy atom. The second-order valence-electron chi connectivity index (χ2n) is 6.11. The fraction of sp³-hybridized carbons (Fsp3) is 0.222. The second kappa shape index (κ2) is 9.78. The van der Waals surface area contributed by atoms with Gasteiger partial charge in [-0.05, 0) is 49.5 Å². The minimum atomic E-state index is -4.57. The molecule has 0 spiro atoms. The van der Waals surface area contributed by atoms with Crippen LogP contribution in [0.3, 0.4) is 0 Å². The van der Waals surface area contributed by atoms with Crippen molar-refractivity contribution < 1.29 is 18.0 Å². The summed E-state index contributed by atoms with van der Waals surface area (Å²) >= 11 is 28.8. The van der Waals surface area contributed by atoms with Gasteiger partial charge in [-0.1, -0.05) is 64.1 Å². The number of nitrogens with one attached hydrogen (secondary N) is 3. The number of carbonyl (C=O) groups excluding carboxylic acids is 1. The Balaban J connectivity index is 2.16. The largest absolute Gasteiger partial charge is 0.416 e. The Morgan fingerprint density at radius 2 is 1.73 bits per heavy atom. The van der Waals surface area contributed by atoms with Gasteiger partial charge in [0.1, 0.15) is 6.17 Å². The highest BCUT2D eigenvalue weighted by Gasteiger charge is 2.35. The zero-order chi connectivity index (χ0) is 22.7. The monoisotopic (exact) mass is 517 g/mol. The number of alkyl halides is 6. The van der Waals surface area contributed by atoms with Crippen LogP contribution in [0.25, 0.3) is 0 Å². The van der Waals surface area contributed by atoms with Crippen LogP contribution in [0.2, 0.25) is 5.02 Å². The lowest BCUT2D eigenvalue weighted by atomic mass is 10.1. The number of carbonyl (C=O) groups is 1. The maximum Gasteiger partial charge on any atom is 0.416 e. The van der Waals surface area contributed by atoms with Crippen LogP contribution in [-0.4, -0.2) is 21.0 Å². The molecule has 0 saturated heterocycles. The van der Waals surface area contributed by atoms with Crippen LogP contribution in [-0.2, 0) is 6.18 Å². The lowest BCUT2D eigenvalue weighted by Crippen LogP contribution is -2.56. The van der Waals surface area contributed by atoms with Crippen molar-refractivity contribution >= 4 is 75.3 Å². The molecule has 12 heteroatoms. The Bertz CT molecular complexity index is 951. The fourth-order valence-corrected chi connectivity index (χ4v) is 3.01. The first-order valence-electron chi connectivity index (χ1n) is 8.16. The van der Waals surface area contributed by atoms with Crippen LogP contribution in [0, 0.1) is 6.92 Å². The summed E-state index contributed by atoms with van der Waals surface area (Å²) in [7, 11) is 0. The molecular formula is C18H14Cl4F3N3OS. The van der Waals surface area contributed by atoms with E-state index < -0.39 is 27.6 Å². The van der Waals surface area contributed by atoms with Gasteiger partial charge < -0.3 is 16.0 Å². The van der Waals surface area contributed by atoms with E-state index in [9.17, 15) is 18.0 Å². The minimum absolute atomic E-state index is 0.0126. The molecule has 3 N–H and O–H groups in total. The Kier molecular flexibility index (Phi) is 8.09. The average Bonchev–Trinajstić information content (AvgIpc) is 2.61. The highest BCUT2D eigenvalue weighted by Crippen LogP contribution is 2.34. The van der Waals surface area contributed by atoms with E-state index in [1.807, 2.05) is 0 Å². The van der Waals surface area contributed by atoms with E-state index in [-0.39, 0.29) is 15.8 Å². The van der Waals surface area contributed by atoms with E-state index in [2.05, 4.69) is 16.0 Å². The lowest BCUT2D eigenvalue weighted by Gasteiger charge is -2.28. The van der Waals surface area contributed by atoms with Crippen LogP contribution >= 0.6 is 58.6 Å². The Morgan fingerprint density at radius 3 is 2.30 bits per heavy atom. The molecule has 2 aromatic carbocycles. The standard InChI is InChI=1S/C18H14Cl4F3N3OS/c1-9-3-2-4-10(7-9)14(29)27-15(17(20,21)22)28-16(30)26-13-8-11(18(23,24)25)5-6-12(13)19/h2-8,15H,1H3,(H,27,29)(H2,26,28,30)/t15-/m1/s1. The molecule has 0 radical (unpaired) electrons. The number of benzene rings is 2. The molecule has 0 aliphatic rings. The summed E-state index contributed by atoms with van der Waals surface area (Å²) in [5, 5.41) is 7.31. The van der Waals surface area contributed by atoms with Crippen LogP contribution in [0.15, 0.2) is 42.5 Å². The number of rotatable bonds is 4. The number of halogens is 7. The van der Waals surface area contributed by atoms with Crippen LogP contribution in [0.4, 0.5) is 18.9 Å². The molecule has 0 bridgehead atoms. The number of hydrogen-bond donors (Lipinski definition) is 3. The molecule has 0 unspecified atom stereocenters. The van der Waals surface area contributed by atoms with E-state index in [1.165, 1.54) is 0 Å². The van der Waals surface area contributed by atoms with Crippen molar-refractivity contribution in [1.29, 1.82) is 0 Å². The lowest BCUT2D eigenvalue weighted by molar-refractivity contribution is -0.137. The zero-order valence-corrected chi connectivity index (χ0v) is 18.9. The third-order valence-electron chi connectivity index (χ3n) is 3.70. The van der Waals surface area contributed by atoms with Crippen molar-refractivity contribution in [3.05, 3.63) is 64.2 Å². The molecule has 0 heterocycles. The maximum absolute atomic E-state index is 12.9. The molecular weight excluding hydrogens is 505 g/mol. The van der Waals surface area contributed by atoms with E-state index in [0.29, 0.717) is 5.56 Å². The van der Waals surface area contributed by atoms with Gasteiger partial charge in [0, 0.05) is 5.56 Å². The zero-order valence-electron chi connectivity index (χ0n) is 15.1. The van der Waals surface area contributed by atoms with Crippen molar-refractivity contribution in [2.75, 3.05) is 5.32 Å². The minimum Gasteiger partial charge on any atom is -0.339 e. The fourth-order valence-electron chi connectivity index (χ4n) is 2.29. The highest BCUT2D eigenvalue weighted by atomic mass is 35.6. The summed E-state index contributed by atoms with van der Waals surface area (Å²) in [6.07, 6.45) is -5.88. The molecule has 0 aliphatic carbocycles. The van der Waals surface area contributed by atoms with Gasteiger partial charge in [0.15, 0.2) is 5.11 Å². The smallest absolute Gasteiger partial charge is 0.339 e. The van der Waals surface area contributed by atoms with Gasteiger partial charge in [0.25, 0.3) is 5.91 Å². The predicted octanol–water partition coefficient (Wildman–Crippen LogP) is 6.08. The maximum atomic E-state index is 12.9. The third kappa shape index (κ3) is 7.06. The first kappa shape index (κ1) is 24.8. The SMILES string of the molecule is Cc1cccc(C(=O)N[C@H](NC(=S)Nc2cc(C(F)(F)F)ccc2Cl)C(Cl)(Cl)Cl)c1. The quantitative estimate of drug-likeness (QED) is 0.261. The third-order valence-corrected chi connectivity index (χ3v) is 4.90. The summed E-state index contributed by atoms with van der Waals surface area (Å²) in [5.74, 6) is -0.553. The highest BCUT2D eigenvalue weighted by molar-refractivity contribution is 7.80. The molecule has 1 atom stereocenters. The number of aryl methyl sites for hydroxylation is 1. The molecule has 0 aromatic heterocycles. The van der Waals surface area contributed by atoms with E-state index >= 15 is 0 Å². The summed E-state index contributed by atoms with van der Waals surface area (Å²) in [6.45, 7) is 1.80. The van der Waals surface area contributed by atoms with Gasteiger partial charge in [-0.2, -0.15) is 13.2 Å². The summed E-state index contributed by atoms with van der Waals surface area (Å²) in [6, 6.07) is 9.37. The van der Waals surface area contributed by atoms with E-state index in [1.54, 1.807) is 31.2 Å². The van der Waals surface area contributed by atoms with Gasteiger partial charge in [-0.25, -0.2) is 0 Å². The Hall–Kier alpha value is -1.45.